The van der Waals surface area contributed by atoms with Gasteiger partial charge >= 0.3 is 0 Å². The standard InChI is InChI=1S/C16H11F2NO3/c1-22-11-5-13-16(14(20)6-11)15(21)7-12(19-13)8-2-9(17)4-10(18)3-8/h2-7,20H,1H3,(H,19,21). The summed E-state index contributed by atoms with van der Waals surface area (Å²) in [6.07, 6.45) is 0. The number of phenolic OH excluding ortho intramolecular Hbond substituents is 1. The van der Waals surface area contributed by atoms with E-state index in [4.69, 9.17) is 4.74 Å². The minimum Gasteiger partial charge on any atom is -0.507 e. The van der Waals surface area contributed by atoms with Crippen LogP contribution in [0.25, 0.3) is 22.2 Å². The van der Waals surface area contributed by atoms with E-state index >= 15 is 0 Å². The summed E-state index contributed by atoms with van der Waals surface area (Å²) in [5, 5.41) is 9.98. The molecule has 0 fully saturated rings. The van der Waals surface area contributed by atoms with Crippen LogP contribution in [0.5, 0.6) is 11.5 Å². The zero-order valence-corrected chi connectivity index (χ0v) is 11.5. The van der Waals surface area contributed by atoms with E-state index in [0.717, 1.165) is 18.2 Å². The molecule has 1 heterocycles. The number of pyridine rings is 1. The summed E-state index contributed by atoms with van der Waals surface area (Å²) >= 11 is 0. The van der Waals surface area contributed by atoms with Crippen LogP contribution in [-0.2, 0) is 0 Å². The Hall–Kier alpha value is -2.89. The first-order chi connectivity index (χ1) is 10.5. The molecule has 3 rings (SSSR count). The third-order valence-corrected chi connectivity index (χ3v) is 3.29. The summed E-state index contributed by atoms with van der Waals surface area (Å²) in [6.45, 7) is 0. The maximum atomic E-state index is 13.3. The molecule has 0 aliphatic heterocycles. The summed E-state index contributed by atoms with van der Waals surface area (Å²) in [6, 6.07) is 7.00. The van der Waals surface area contributed by atoms with Gasteiger partial charge in [-0.05, 0) is 12.1 Å². The van der Waals surface area contributed by atoms with Crippen LogP contribution in [-0.4, -0.2) is 17.2 Å². The average molecular weight is 303 g/mol. The van der Waals surface area contributed by atoms with Gasteiger partial charge in [0.15, 0.2) is 5.43 Å². The molecule has 22 heavy (non-hydrogen) atoms. The number of ether oxygens (including phenoxy) is 1. The lowest BCUT2D eigenvalue weighted by atomic mass is 10.1. The minimum atomic E-state index is -0.746. The number of halogens is 2. The van der Waals surface area contributed by atoms with Crippen molar-refractivity contribution in [2.24, 2.45) is 0 Å². The van der Waals surface area contributed by atoms with Crippen LogP contribution >= 0.6 is 0 Å². The van der Waals surface area contributed by atoms with E-state index in [1.54, 1.807) is 0 Å². The van der Waals surface area contributed by atoms with E-state index in [9.17, 15) is 18.7 Å². The van der Waals surface area contributed by atoms with Crippen LogP contribution in [0.1, 0.15) is 0 Å². The Morgan fingerprint density at radius 3 is 2.36 bits per heavy atom. The number of aromatic amines is 1. The van der Waals surface area contributed by atoms with Crippen LogP contribution in [0, 0.1) is 11.6 Å². The fourth-order valence-electron chi connectivity index (χ4n) is 2.33. The molecule has 0 bridgehead atoms. The lowest BCUT2D eigenvalue weighted by Gasteiger charge is -2.08. The Morgan fingerprint density at radius 2 is 1.73 bits per heavy atom. The van der Waals surface area contributed by atoms with Gasteiger partial charge in [-0.1, -0.05) is 0 Å². The zero-order valence-electron chi connectivity index (χ0n) is 11.5. The van der Waals surface area contributed by atoms with E-state index in [2.05, 4.69) is 4.98 Å². The third kappa shape index (κ3) is 2.39. The molecule has 1 aromatic heterocycles. The zero-order chi connectivity index (χ0) is 15.9. The van der Waals surface area contributed by atoms with Crippen molar-refractivity contribution in [2.45, 2.75) is 0 Å². The topological polar surface area (TPSA) is 62.3 Å². The molecule has 0 saturated carbocycles. The molecule has 2 aromatic carbocycles. The van der Waals surface area contributed by atoms with Gasteiger partial charge < -0.3 is 14.8 Å². The Kier molecular flexibility index (Phi) is 3.29. The lowest BCUT2D eigenvalue weighted by molar-refractivity contribution is 0.409. The smallest absolute Gasteiger partial charge is 0.193 e. The Balaban J connectivity index is 2.30. The third-order valence-electron chi connectivity index (χ3n) is 3.29. The highest BCUT2D eigenvalue weighted by atomic mass is 19.1. The van der Waals surface area contributed by atoms with Crippen LogP contribution in [0.3, 0.4) is 0 Å². The molecule has 0 unspecified atom stereocenters. The number of methoxy groups -OCH3 is 1. The number of fused-ring (bicyclic) bond motifs is 1. The molecule has 0 amide bonds. The molecule has 3 aromatic rings. The SMILES string of the molecule is COc1cc(O)c2c(=O)cc(-c3cc(F)cc(F)c3)[nH]c2c1. The molecule has 0 atom stereocenters. The molecular formula is C16H11F2NO3. The normalized spacial score (nSPS) is 10.9. The predicted octanol–water partition coefficient (Wildman–Crippen LogP) is 3.19. The molecule has 4 nitrogen and oxygen atoms in total. The fraction of sp³-hybridized carbons (Fsp3) is 0.0625. The highest BCUT2D eigenvalue weighted by Gasteiger charge is 2.11. The van der Waals surface area contributed by atoms with Crippen molar-refractivity contribution in [1.29, 1.82) is 0 Å². The highest BCUT2D eigenvalue weighted by Crippen LogP contribution is 2.29. The van der Waals surface area contributed by atoms with Gasteiger partial charge in [0.2, 0.25) is 0 Å². The van der Waals surface area contributed by atoms with E-state index in [-0.39, 0.29) is 22.4 Å². The Labute approximate surface area is 123 Å². The lowest BCUT2D eigenvalue weighted by Crippen LogP contribution is -2.04. The van der Waals surface area contributed by atoms with Crippen LogP contribution in [0.4, 0.5) is 8.78 Å². The number of aromatic nitrogens is 1. The maximum absolute atomic E-state index is 13.3. The van der Waals surface area contributed by atoms with Gasteiger partial charge in [-0.2, -0.15) is 0 Å². The Morgan fingerprint density at radius 1 is 1.05 bits per heavy atom. The van der Waals surface area contributed by atoms with E-state index in [0.29, 0.717) is 11.3 Å². The first kappa shape index (κ1) is 14.1. The summed E-state index contributed by atoms with van der Waals surface area (Å²) in [5.41, 5.74) is 0.278. The van der Waals surface area contributed by atoms with Crippen molar-refractivity contribution in [2.75, 3.05) is 7.11 Å². The van der Waals surface area contributed by atoms with Crippen LogP contribution in [0.15, 0.2) is 41.2 Å². The number of rotatable bonds is 2. The van der Waals surface area contributed by atoms with Gasteiger partial charge in [0.1, 0.15) is 23.1 Å². The number of hydrogen-bond acceptors (Lipinski definition) is 3. The van der Waals surface area contributed by atoms with Crippen molar-refractivity contribution in [1.82, 2.24) is 4.98 Å². The first-order valence-corrected chi connectivity index (χ1v) is 6.38. The fourth-order valence-corrected chi connectivity index (χ4v) is 2.33. The van der Waals surface area contributed by atoms with Crippen LogP contribution in [0.2, 0.25) is 0 Å². The molecule has 112 valence electrons. The van der Waals surface area contributed by atoms with Crippen molar-refractivity contribution in [3.63, 3.8) is 0 Å². The summed E-state index contributed by atoms with van der Waals surface area (Å²) in [5.74, 6) is -1.37. The summed E-state index contributed by atoms with van der Waals surface area (Å²) in [7, 11) is 1.42. The second-order valence-corrected chi connectivity index (χ2v) is 4.77. The number of H-pyrrole nitrogens is 1. The van der Waals surface area contributed by atoms with E-state index in [1.807, 2.05) is 0 Å². The van der Waals surface area contributed by atoms with Gasteiger partial charge in [0, 0.05) is 35.5 Å². The van der Waals surface area contributed by atoms with Gasteiger partial charge in [-0.3, -0.25) is 4.79 Å². The van der Waals surface area contributed by atoms with Crippen molar-refractivity contribution < 1.29 is 18.6 Å². The molecule has 0 saturated heterocycles. The maximum Gasteiger partial charge on any atom is 0.193 e. The minimum absolute atomic E-state index is 0.0847. The van der Waals surface area contributed by atoms with Crippen LogP contribution < -0.4 is 10.2 Å². The van der Waals surface area contributed by atoms with Crippen molar-refractivity contribution in [3.05, 3.63) is 58.3 Å². The van der Waals surface area contributed by atoms with E-state index in [1.165, 1.54) is 25.3 Å². The number of hydrogen-bond donors (Lipinski definition) is 2. The molecular weight excluding hydrogens is 292 g/mol. The number of benzene rings is 2. The van der Waals surface area contributed by atoms with Crippen molar-refractivity contribution in [3.8, 4) is 22.8 Å². The highest BCUT2D eigenvalue weighted by molar-refractivity contribution is 5.88. The quantitative estimate of drug-likeness (QED) is 0.764. The monoisotopic (exact) mass is 303 g/mol. The summed E-state index contributed by atoms with van der Waals surface area (Å²) < 4.78 is 31.7. The molecule has 0 radical (unpaired) electrons. The van der Waals surface area contributed by atoms with Gasteiger partial charge in [-0.25, -0.2) is 8.78 Å². The molecule has 6 heteroatoms. The molecule has 0 spiro atoms. The summed E-state index contributed by atoms with van der Waals surface area (Å²) in [4.78, 5) is 15.0. The Bertz CT molecular complexity index is 914. The second kappa shape index (κ2) is 5.14. The predicted molar refractivity (Wildman–Crippen MR) is 78.1 cm³/mol. The number of aromatic hydroxyl groups is 1. The van der Waals surface area contributed by atoms with Gasteiger partial charge in [-0.15, -0.1) is 0 Å². The number of phenols is 1. The largest absolute Gasteiger partial charge is 0.507 e. The average Bonchev–Trinajstić information content (AvgIpc) is 2.45. The van der Waals surface area contributed by atoms with Crippen molar-refractivity contribution >= 4 is 10.9 Å². The molecule has 2 N–H and O–H groups in total. The molecule has 0 aliphatic carbocycles. The van der Waals surface area contributed by atoms with Gasteiger partial charge in [0.05, 0.1) is 18.0 Å². The van der Waals surface area contributed by atoms with Gasteiger partial charge in [0.25, 0.3) is 0 Å². The van der Waals surface area contributed by atoms with E-state index < -0.39 is 17.1 Å². The molecule has 0 aliphatic rings. The second-order valence-electron chi connectivity index (χ2n) is 4.77. The number of nitrogens with one attached hydrogen (secondary N) is 1. The first-order valence-electron chi connectivity index (χ1n) is 6.38.